The summed E-state index contributed by atoms with van der Waals surface area (Å²) in [5, 5.41) is -0.523. The van der Waals surface area contributed by atoms with Crippen molar-refractivity contribution in [2.45, 2.75) is 57.2 Å². The van der Waals surface area contributed by atoms with Crippen molar-refractivity contribution >= 4 is 15.9 Å². The highest BCUT2D eigenvalue weighted by molar-refractivity contribution is 7.90. The number of aromatic nitrogens is 1. The van der Waals surface area contributed by atoms with Gasteiger partial charge in [-0.15, -0.1) is 0 Å². The van der Waals surface area contributed by atoms with Crippen molar-refractivity contribution in [2.24, 2.45) is 5.92 Å². The van der Waals surface area contributed by atoms with Crippen LogP contribution in [0.1, 0.15) is 49.8 Å². The Morgan fingerprint density at radius 3 is 2.68 bits per heavy atom. The van der Waals surface area contributed by atoms with E-state index in [9.17, 15) is 13.2 Å². The molecule has 0 spiro atoms. The van der Waals surface area contributed by atoms with Crippen LogP contribution in [-0.4, -0.2) is 42.5 Å². The van der Waals surface area contributed by atoms with Gasteiger partial charge in [0.1, 0.15) is 0 Å². The standard InChI is InChI=1S/C18H27N3O3S/c1-14-8-9-15(11-19-14)12-20-25(23,24)17-7-4-10-21(13-17)18(22)16-5-2-3-6-16/h8-9,11,16-17,20H,2-7,10,12-13H2,1H3. The van der Waals surface area contributed by atoms with Crippen molar-refractivity contribution in [3.8, 4) is 0 Å². The van der Waals surface area contributed by atoms with Gasteiger partial charge in [-0.1, -0.05) is 18.9 Å². The minimum atomic E-state index is -3.45. The van der Waals surface area contributed by atoms with Gasteiger partial charge < -0.3 is 4.90 Å². The Bertz CT molecular complexity index is 697. The Balaban J connectivity index is 1.59. The van der Waals surface area contributed by atoms with Crippen molar-refractivity contribution in [3.05, 3.63) is 29.6 Å². The number of aryl methyl sites for hydroxylation is 1. The van der Waals surface area contributed by atoms with Gasteiger partial charge in [0.05, 0.1) is 5.25 Å². The summed E-state index contributed by atoms with van der Waals surface area (Å²) in [6, 6.07) is 3.74. The fourth-order valence-electron chi connectivity index (χ4n) is 3.73. The van der Waals surface area contributed by atoms with Gasteiger partial charge in [0, 0.05) is 37.4 Å². The molecule has 0 bridgehead atoms. The van der Waals surface area contributed by atoms with Crippen molar-refractivity contribution in [2.75, 3.05) is 13.1 Å². The van der Waals surface area contributed by atoms with Crippen LogP contribution in [0.4, 0.5) is 0 Å². The number of hydrogen-bond donors (Lipinski definition) is 1. The lowest BCUT2D eigenvalue weighted by Gasteiger charge is -2.34. The monoisotopic (exact) mass is 365 g/mol. The molecule has 1 saturated carbocycles. The van der Waals surface area contributed by atoms with E-state index < -0.39 is 15.3 Å². The molecule has 2 fully saturated rings. The number of carbonyl (C=O) groups is 1. The van der Waals surface area contributed by atoms with E-state index in [2.05, 4.69) is 9.71 Å². The fourth-order valence-corrected chi connectivity index (χ4v) is 5.18. The zero-order valence-corrected chi connectivity index (χ0v) is 15.6. The molecular weight excluding hydrogens is 338 g/mol. The lowest BCUT2D eigenvalue weighted by atomic mass is 10.0. The number of piperidine rings is 1. The maximum Gasteiger partial charge on any atom is 0.225 e. The number of likely N-dealkylation sites (tertiary alicyclic amines) is 1. The van der Waals surface area contributed by atoms with Crippen molar-refractivity contribution in [3.63, 3.8) is 0 Å². The average molecular weight is 365 g/mol. The highest BCUT2D eigenvalue weighted by atomic mass is 32.2. The molecule has 1 aliphatic carbocycles. The van der Waals surface area contributed by atoms with Crippen LogP contribution in [0, 0.1) is 12.8 Å². The van der Waals surface area contributed by atoms with Crippen LogP contribution in [0.3, 0.4) is 0 Å². The number of amides is 1. The van der Waals surface area contributed by atoms with Crippen LogP contribution in [0.2, 0.25) is 0 Å². The Morgan fingerprint density at radius 2 is 2.00 bits per heavy atom. The average Bonchev–Trinajstić information content (AvgIpc) is 3.15. The molecule has 1 unspecified atom stereocenters. The molecule has 1 N–H and O–H groups in total. The first kappa shape index (κ1) is 18.3. The number of carbonyl (C=O) groups excluding carboxylic acids is 1. The van der Waals surface area contributed by atoms with E-state index in [-0.39, 0.29) is 18.4 Å². The number of hydrogen-bond acceptors (Lipinski definition) is 4. The van der Waals surface area contributed by atoms with E-state index in [1.807, 2.05) is 19.1 Å². The smallest absolute Gasteiger partial charge is 0.225 e. The molecule has 0 radical (unpaired) electrons. The summed E-state index contributed by atoms with van der Waals surface area (Å²) in [5.74, 6) is 0.258. The minimum Gasteiger partial charge on any atom is -0.341 e. The molecular formula is C18H27N3O3S. The number of rotatable bonds is 5. The third kappa shape index (κ3) is 4.58. The molecule has 1 atom stereocenters. The van der Waals surface area contributed by atoms with Gasteiger partial charge in [-0.25, -0.2) is 13.1 Å². The summed E-state index contributed by atoms with van der Waals surface area (Å²) in [6.07, 6.45) is 7.16. The molecule has 2 heterocycles. The molecule has 7 heteroatoms. The second-order valence-corrected chi connectivity index (χ2v) is 9.25. The van der Waals surface area contributed by atoms with Gasteiger partial charge in [0.2, 0.25) is 15.9 Å². The lowest BCUT2D eigenvalue weighted by Crippen LogP contribution is -2.49. The van der Waals surface area contributed by atoms with Crippen molar-refractivity contribution in [1.82, 2.24) is 14.6 Å². The lowest BCUT2D eigenvalue weighted by molar-refractivity contribution is -0.136. The minimum absolute atomic E-state index is 0.105. The van der Waals surface area contributed by atoms with E-state index >= 15 is 0 Å². The van der Waals surface area contributed by atoms with Gasteiger partial charge in [-0.2, -0.15) is 0 Å². The highest BCUT2D eigenvalue weighted by Crippen LogP contribution is 2.28. The second-order valence-electron chi connectivity index (χ2n) is 7.20. The number of sulfonamides is 1. The Labute approximate surface area is 150 Å². The zero-order valence-electron chi connectivity index (χ0n) is 14.8. The van der Waals surface area contributed by atoms with Gasteiger partial charge >= 0.3 is 0 Å². The zero-order chi connectivity index (χ0) is 17.9. The van der Waals surface area contributed by atoms with Crippen LogP contribution < -0.4 is 4.72 Å². The van der Waals surface area contributed by atoms with Crippen LogP contribution in [0.5, 0.6) is 0 Å². The summed E-state index contributed by atoms with van der Waals surface area (Å²) in [4.78, 5) is 18.5. The van der Waals surface area contributed by atoms with Gasteiger partial charge in [-0.05, 0) is 44.2 Å². The van der Waals surface area contributed by atoms with Gasteiger partial charge in [0.25, 0.3) is 0 Å². The van der Waals surface area contributed by atoms with Crippen molar-refractivity contribution in [1.29, 1.82) is 0 Å². The molecule has 3 rings (SSSR count). The summed E-state index contributed by atoms with van der Waals surface area (Å²) < 4.78 is 28.0. The Morgan fingerprint density at radius 1 is 1.24 bits per heavy atom. The predicted molar refractivity (Wildman–Crippen MR) is 96.3 cm³/mol. The topological polar surface area (TPSA) is 79.4 Å². The summed E-state index contributed by atoms with van der Waals surface area (Å²) in [7, 11) is -3.45. The third-order valence-corrected chi connectivity index (χ3v) is 7.09. The molecule has 1 saturated heterocycles. The summed E-state index contributed by atoms with van der Waals surface area (Å²) in [5.41, 5.74) is 1.74. The molecule has 25 heavy (non-hydrogen) atoms. The molecule has 1 amide bonds. The largest absolute Gasteiger partial charge is 0.341 e. The highest BCUT2D eigenvalue weighted by Gasteiger charge is 2.35. The summed E-state index contributed by atoms with van der Waals surface area (Å²) >= 11 is 0. The van der Waals surface area contributed by atoms with Gasteiger partial charge in [0.15, 0.2) is 0 Å². The number of pyridine rings is 1. The molecule has 1 aromatic heterocycles. The summed E-state index contributed by atoms with van der Waals surface area (Å²) in [6.45, 7) is 3.13. The Hall–Kier alpha value is -1.47. The van der Waals surface area contributed by atoms with Crippen molar-refractivity contribution < 1.29 is 13.2 Å². The van der Waals surface area contributed by atoms with Crippen LogP contribution in [0.25, 0.3) is 0 Å². The SMILES string of the molecule is Cc1ccc(CNS(=O)(=O)C2CCCN(C(=O)C3CCCC3)C2)cn1. The first-order valence-corrected chi connectivity index (χ1v) is 10.7. The molecule has 2 aliphatic rings. The van der Waals surface area contributed by atoms with Gasteiger partial charge in [-0.3, -0.25) is 9.78 Å². The molecule has 0 aromatic carbocycles. The predicted octanol–water partition coefficient (Wildman–Crippen LogP) is 1.99. The fraction of sp³-hybridized carbons (Fsp3) is 0.667. The third-order valence-electron chi connectivity index (χ3n) is 5.28. The molecule has 6 nitrogen and oxygen atoms in total. The van der Waals surface area contributed by atoms with E-state index in [0.29, 0.717) is 19.5 Å². The molecule has 138 valence electrons. The Kier molecular flexibility index (Phi) is 5.74. The molecule has 1 aliphatic heterocycles. The second kappa shape index (κ2) is 7.83. The van der Waals surface area contributed by atoms with E-state index in [1.165, 1.54) is 0 Å². The molecule has 1 aromatic rings. The van der Waals surface area contributed by atoms with Crippen LogP contribution in [-0.2, 0) is 21.4 Å². The maximum atomic E-state index is 12.6. The van der Waals surface area contributed by atoms with E-state index in [4.69, 9.17) is 0 Å². The van der Waals surface area contributed by atoms with Crippen LogP contribution >= 0.6 is 0 Å². The van der Waals surface area contributed by atoms with Crippen LogP contribution in [0.15, 0.2) is 18.3 Å². The first-order chi connectivity index (χ1) is 12.0. The number of nitrogens with zero attached hydrogens (tertiary/aromatic N) is 2. The first-order valence-electron chi connectivity index (χ1n) is 9.14. The van der Waals surface area contributed by atoms with E-state index in [0.717, 1.165) is 43.4 Å². The maximum absolute atomic E-state index is 12.6. The van der Waals surface area contributed by atoms with E-state index in [1.54, 1.807) is 11.1 Å². The quantitative estimate of drug-likeness (QED) is 0.865. The normalized spacial score (nSPS) is 22.3. The number of nitrogens with one attached hydrogen (secondary N) is 1.